The van der Waals surface area contributed by atoms with Crippen molar-refractivity contribution in [1.29, 1.82) is 0 Å². The van der Waals surface area contributed by atoms with Crippen molar-refractivity contribution in [3.63, 3.8) is 0 Å². The molecule has 0 saturated carbocycles. The number of halogens is 1. The van der Waals surface area contributed by atoms with Crippen molar-refractivity contribution in [2.75, 3.05) is 18.4 Å². The van der Waals surface area contributed by atoms with E-state index in [1.807, 2.05) is 26.8 Å². The molecule has 1 fully saturated rings. The number of nitrogens with zero attached hydrogens (tertiary/aromatic N) is 4. The number of anilines is 1. The Balaban J connectivity index is 1.71. The molecule has 0 spiro atoms. The third-order valence-electron chi connectivity index (χ3n) is 3.65. The Kier molecular flexibility index (Phi) is 4.45. The maximum Gasteiger partial charge on any atom is 0.410 e. The van der Waals surface area contributed by atoms with E-state index in [1.54, 1.807) is 17.3 Å². The van der Waals surface area contributed by atoms with Gasteiger partial charge in [-0.1, -0.05) is 0 Å². The Hall–Kier alpha value is -2.15. The fourth-order valence-electron chi connectivity index (χ4n) is 2.63. The maximum atomic E-state index is 12.1. The van der Waals surface area contributed by atoms with Gasteiger partial charge in [-0.3, -0.25) is 4.98 Å². The second-order valence-corrected chi connectivity index (χ2v) is 7.13. The normalized spacial score (nSPS) is 18.0. The molecule has 1 saturated heterocycles. The van der Waals surface area contributed by atoms with Gasteiger partial charge in [-0.05, 0) is 44.9 Å². The highest BCUT2D eigenvalue weighted by atomic mass is 35.5. The van der Waals surface area contributed by atoms with Gasteiger partial charge < -0.3 is 15.0 Å². The predicted molar refractivity (Wildman–Crippen MR) is 92.2 cm³/mol. The van der Waals surface area contributed by atoms with E-state index in [9.17, 15) is 4.79 Å². The van der Waals surface area contributed by atoms with Crippen molar-refractivity contribution in [1.82, 2.24) is 19.9 Å². The molecule has 0 radical (unpaired) electrons. The SMILES string of the molecule is CC(C)(C)OC(=O)N1CC[C@@H](Nc2nc(Cl)nc3cnccc23)C1. The van der Waals surface area contributed by atoms with Crippen LogP contribution in [0.2, 0.25) is 5.28 Å². The van der Waals surface area contributed by atoms with Crippen LogP contribution >= 0.6 is 11.6 Å². The first-order valence-corrected chi connectivity index (χ1v) is 8.21. The molecule has 0 bridgehead atoms. The van der Waals surface area contributed by atoms with E-state index >= 15 is 0 Å². The van der Waals surface area contributed by atoms with Gasteiger partial charge in [-0.15, -0.1) is 0 Å². The molecule has 24 heavy (non-hydrogen) atoms. The largest absolute Gasteiger partial charge is 0.444 e. The van der Waals surface area contributed by atoms with Crippen LogP contribution in [0.1, 0.15) is 27.2 Å². The third-order valence-corrected chi connectivity index (χ3v) is 3.82. The summed E-state index contributed by atoms with van der Waals surface area (Å²) in [5.41, 5.74) is 0.188. The summed E-state index contributed by atoms with van der Waals surface area (Å²) in [5.74, 6) is 0.656. The predicted octanol–water partition coefficient (Wildman–Crippen LogP) is 3.10. The van der Waals surface area contributed by atoms with E-state index in [1.165, 1.54) is 0 Å². The third kappa shape index (κ3) is 3.84. The summed E-state index contributed by atoms with van der Waals surface area (Å²) in [7, 11) is 0. The minimum atomic E-state index is -0.494. The van der Waals surface area contributed by atoms with Crippen molar-refractivity contribution in [3.05, 3.63) is 23.7 Å². The van der Waals surface area contributed by atoms with Crippen LogP contribution in [0.25, 0.3) is 10.9 Å². The smallest absolute Gasteiger partial charge is 0.410 e. The van der Waals surface area contributed by atoms with Crippen molar-refractivity contribution >= 4 is 34.4 Å². The van der Waals surface area contributed by atoms with E-state index in [2.05, 4.69) is 20.3 Å². The Morgan fingerprint density at radius 1 is 1.42 bits per heavy atom. The van der Waals surface area contributed by atoms with Gasteiger partial charge in [0.15, 0.2) is 0 Å². The van der Waals surface area contributed by atoms with Crippen LogP contribution in [0.15, 0.2) is 18.5 Å². The number of fused-ring (bicyclic) bond motifs is 1. The minimum Gasteiger partial charge on any atom is -0.444 e. The van der Waals surface area contributed by atoms with Crippen LogP contribution < -0.4 is 5.32 Å². The number of ether oxygens (including phenoxy) is 1. The number of amides is 1. The Morgan fingerprint density at radius 3 is 2.96 bits per heavy atom. The average Bonchev–Trinajstić information content (AvgIpc) is 2.94. The van der Waals surface area contributed by atoms with E-state index < -0.39 is 5.60 Å². The summed E-state index contributed by atoms with van der Waals surface area (Å²) in [6, 6.07) is 1.93. The number of likely N-dealkylation sites (tertiary alicyclic amines) is 1. The molecular formula is C16H20ClN5O2. The van der Waals surface area contributed by atoms with Gasteiger partial charge in [0.1, 0.15) is 11.4 Å². The molecule has 0 aliphatic carbocycles. The van der Waals surface area contributed by atoms with Crippen LogP contribution in [0, 0.1) is 0 Å². The summed E-state index contributed by atoms with van der Waals surface area (Å²) in [5, 5.41) is 4.38. The average molecular weight is 350 g/mol. The van der Waals surface area contributed by atoms with Crippen molar-refractivity contribution in [2.45, 2.75) is 38.8 Å². The second-order valence-electron chi connectivity index (χ2n) is 6.79. The molecule has 3 heterocycles. The van der Waals surface area contributed by atoms with Crippen LogP contribution in [-0.2, 0) is 4.74 Å². The molecule has 1 N–H and O–H groups in total. The maximum absolute atomic E-state index is 12.1. The Bertz CT molecular complexity index is 762. The zero-order chi connectivity index (χ0) is 17.3. The molecule has 1 aliphatic rings. The number of aromatic nitrogens is 3. The molecule has 128 valence electrons. The van der Waals surface area contributed by atoms with Gasteiger partial charge in [-0.25, -0.2) is 14.8 Å². The first-order valence-electron chi connectivity index (χ1n) is 7.83. The van der Waals surface area contributed by atoms with Gasteiger partial charge in [0.2, 0.25) is 5.28 Å². The first-order chi connectivity index (χ1) is 11.3. The lowest BCUT2D eigenvalue weighted by Gasteiger charge is -2.24. The lowest BCUT2D eigenvalue weighted by molar-refractivity contribution is 0.0293. The zero-order valence-corrected chi connectivity index (χ0v) is 14.7. The van der Waals surface area contributed by atoms with Crippen LogP contribution in [0.3, 0.4) is 0 Å². The molecule has 1 atom stereocenters. The molecule has 1 aliphatic heterocycles. The van der Waals surface area contributed by atoms with E-state index in [4.69, 9.17) is 16.3 Å². The highest BCUT2D eigenvalue weighted by Gasteiger charge is 2.30. The fraction of sp³-hybridized carbons (Fsp3) is 0.500. The topological polar surface area (TPSA) is 80.2 Å². The molecule has 0 unspecified atom stereocenters. The summed E-state index contributed by atoms with van der Waals surface area (Å²) >= 11 is 5.99. The summed E-state index contributed by atoms with van der Waals surface area (Å²) < 4.78 is 5.41. The number of carbonyl (C=O) groups is 1. The number of hydrogen-bond donors (Lipinski definition) is 1. The highest BCUT2D eigenvalue weighted by Crippen LogP contribution is 2.24. The first kappa shape index (κ1) is 16.7. The molecule has 7 nitrogen and oxygen atoms in total. The molecule has 3 rings (SSSR count). The highest BCUT2D eigenvalue weighted by molar-refractivity contribution is 6.28. The zero-order valence-electron chi connectivity index (χ0n) is 13.9. The molecule has 0 aromatic carbocycles. The summed E-state index contributed by atoms with van der Waals surface area (Å²) in [6.45, 7) is 6.79. The Labute approximate surface area is 145 Å². The molecule has 8 heteroatoms. The number of carbonyl (C=O) groups excluding carboxylic acids is 1. The molecule has 1 amide bonds. The second kappa shape index (κ2) is 6.39. The van der Waals surface area contributed by atoms with E-state index in [0.717, 1.165) is 11.8 Å². The summed E-state index contributed by atoms with van der Waals surface area (Å²) in [6.07, 6.45) is 3.86. The molecular weight excluding hydrogens is 330 g/mol. The van der Waals surface area contributed by atoms with Gasteiger partial charge in [0, 0.05) is 30.7 Å². The lowest BCUT2D eigenvalue weighted by atomic mass is 10.2. The van der Waals surface area contributed by atoms with Crippen LogP contribution in [0.4, 0.5) is 10.6 Å². The number of hydrogen-bond acceptors (Lipinski definition) is 6. The number of nitrogens with one attached hydrogen (secondary N) is 1. The van der Waals surface area contributed by atoms with Gasteiger partial charge >= 0.3 is 6.09 Å². The standard InChI is InChI=1S/C16H20ClN5O2/c1-16(2,3)24-15(23)22-7-5-10(9-22)19-13-11-4-6-18-8-12(11)20-14(17)21-13/h4,6,8,10H,5,7,9H2,1-3H3,(H,19,20,21)/t10-/m1/s1. The molecule has 2 aromatic heterocycles. The van der Waals surface area contributed by atoms with Gasteiger partial charge in [0.25, 0.3) is 0 Å². The van der Waals surface area contributed by atoms with Crippen molar-refractivity contribution in [2.24, 2.45) is 0 Å². The van der Waals surface area contributed by atoms with Crippen molar-refractivity contribution in [3.8, 4) is 0 Å². The fourth-order valence-corrected chi connectivity index (χ4v) is 2.80. The minimum absolute atomic E-state index is 0.0832. The quantitative estimate of drug-likeness (QED) is 0.839. The monoisotopic (exact) mass is 349 g/mol. The van der Waals surface area contributed by atoms with E-state index in [-0.39, 0.29) is 17.4 Å². The van der Waals surface area contributed by atoms with Crippen LogP contribution in [-0.4, -0.2) is 50.7 Å². The van der Waals surface area contributed by atoms with Crippen LogP contribution in [0.5, 0.6) is 0 Å². The van der Waals surface area contributed by atoms with Gasteiger partial charge in [-0.2, -0.15) is 0 Å². The number of rotatable bonds is 2. The van der Waals surface area contributed by atoms with E-state index in [0.29, 0.717) is 24.4 Å². The van der Waals surface area contributed by atoms with Crippen molar-refractivity contribution < 1.29 is 9.53 Å². The number of pyridine rings is 1. The summed E-state index contributed by atoms with van der Waals surface area (Å²) in [4.78, 5) is 26.3. The Morgan fingerprint density at radius 2 is 2.21 bits per heavy atom. The molecule has 2 aromatic rings. The van der Waals surface area contributed by atoms with Gasteiger partial charge in [0.05, 0.1) is 11.7 Å². The lowest BCUT2D eigenvalue weighted by Crippen LogP contribution is -2.36.